The van der Waals surface area contributed by atoms with Gasteiger partial charge in [0.25, 0.3) is 0 Å². The fourth-order valence-corrected chi connectivity index (χ4v) is 4.16. The van der Waals surface area contributed by atoms with Crippen LogP contribution >= 0.6 is 0 Å². The first-order valence-corrected chi connectivity index (χ1v) is 9.72. The second kappa shape index (κ2) is 9.46. The smallest absolute Gasteiger partial charge is 0.123 e. The van der Waals surface area contributed by atoms with Crippen LogP contribution in [-0.2, 0) is 0 Å². The molecule has 0 amide bonds. The maximum atomic E-state index is 12.9. The van der Waals surface area contributed by atoms with Crippen LogP contribution in [0.2, 0.25) is 0 Å². The molecule has 0 bridgehead atoms. The fraction of sp³-hybridized carbons (Fsp3) is 0.619. The van der Waals surface area contributed by atoms with Crippen LogP contribution in [-0.4, -0.2) is 60.8 Å². The van der Waals surface area contributed by atoms with Crippen molar-refractivity contribution in [1.29, 1.82) is 0 Å². The lowest BCUT2D eigenvalue weighted by atomic mass is 9.96. The summed E-state index contributed by atoms with van der Waals surface area (Å²) >= 11 is 0. The molecule has 138 valence electrons. The summed E-state index contributed by atoms with van der Waals surface area (Å²) in [6.45, 7) is 6.79. The van der Waals surface area contributed by atoms with E-state index in [-0.39, 0.29) is 12.4 Å². The maximum Gasteiger partial charge on any atom is 0.123 e. The molecular formula is C21H31FN2O. The average Bonchev–Trinajstić information content (AvgIpc) is 2.82. The molecule has 3 nitrogen and oxygen atoms in total. The second-order valence-electron chi connectivity index (χ2n) is 7.59. The third-order valence-electron chi connectivity index (χ3n) is 5.62. The molecule has 1 aromatic carbocycles. The molecule has 0 unspecified atom stereocenters. The minimum atomic E-state index is -0.196. The molecule has 2 aliphatic heterocycles. The van der Waals surface area contributed by atoms with Gasteiger partial charge in [-0.3, -0.25) is 4.90 Å². The van der Waals surface area contributed by atoms with Crippen LogP contribution in [0, 0.1) is 17.7 Å². The Kier molecular flexibility index (Phi) is 7.02. The minimum absolute atomic E-state index is 0.196. The molecule has 4 heteroatoms. The summed E-state index contributed by atoms with van der Waals surface area (Å²) in [4.78, 5) is 5.04. The van der Waals surface area contributed by atoms with E-state index < -0.39 is 0 Å². The van der Waals surface area contributed by atoms with Gasteiger partial charge in [0.15, 0.2) is 0 Å². The fourth-order valence-electron chi connectivity index (χ4n) is 4.16. The van der Waals surface area contributed by atoms with E-state index >= 15 is 0 Å². The van der Waals surface area contributed by atoms with Crippen LogP contribution in [0.3, 0.4) is 0 Å². The lowest BCUT2D eigenvalue weighted by molar-refractivity contribution is 0.165. The molecule has 0 saturated carbocycles. The van der Waals surface area contributed by atoms with Gasteiger partial charge in [-0.15, -0.1) is 0 Å². The van der Waals surface area contributed by atoms with E-state index in [1.54, 1.807) is 12.1 Å². The Bertz CT molecular complexity index is 537. The molecule has 0 radical (unpaired) electrons. The molecule has 2 aliphatic rings. The van der Waals surface area contributed by atoms with Crippen LogP contribution in [0.15, 0.2) is 30.3 Å². The van der Waals surface area contributed by atoms with Gasteiger partial charge in [-0.2, -0.15) is 0 Å². The molecular weight excluding hydrogens is 315 g/mol. The van der Waals surface area contributed by atoms with E-state index in [4.69, 9.17) is 0 Å². The summed E-state index contributed by atoms with van der Waals surface area (Å²) in [7, 11) is 0. The molecule has 1 N–H and O–H groups in total. The third kappa shape index (κ3) is 5.63. The quantitative estimate of drug-likeness (QED) is 0.856. The van der Waals surface area contributed by atoms with Crippen molar-refractivity contribution in [2.75, 3.05) is 45.9 Å². The van der Waals surface area contributed by atoms with Crippen molar-refractivity contribution in [3.05, 3.63) is 41.7 Å². The van der Waals surface area contributed by atoms with Crippen molar-refractivity contribution in [3.63, 3.8) is 0 Å². The number of hydrogen-bond acceptors (Lipinski definition) is 3. The molecule has 0 aromatic heterocycles. The minimum Gasteiger partial charge on any atom is -0.396 e. The van der Waals surface area contributed by atoms with E-state index in [9.17, 15) is 9.50 Å². The zero-order valence-corrected chi connectivity index (χ0v) is 15.1. The predicted octanol–water partition coefficient (Wildman–Crippen LogP) is 3.26. The Morgan fingerprint density at radius 2 is 1.64 bits per heavy atom. The number of likely N-dealkylation sites (tertiary alicyclic amines) is 2. The van der Waals surface area contributed by atoms with Crippen LogP contribution < -0.4 is 0 Å². The van der Waals surface area contributed by atoms with E-state index in [0.29, 0.717) is 11.8 Å². The summed E-state index contributed by atoms with van der Waals surface area (Å²) in [5.41, 5.74) is 1.03. The van der Waals surface area contributed by atoms with E-state index in [0.717, 1.165) is 31.7 Å². The number of halogens is 1. The molecule has 2 atom stereocenters. The highest BCUT2D eigenvalue weighted by Crippen LogP contribution is 2.25. The number of nitrogens with zero attached hydrogens (tertiary/aromatic N) is 2. The number of hydrogen-bond donors (Lipinski definition) is 1. The van der Waals surface area contributed by atoms with Gasteiger partial charge in [0.1, 0.15) is 5.82 Å². The number of aliphatic hydroxyl groups excluding tert-OH is 1. The zero-order chi connectivity index (χ0) is 17.5. The van der Waals surface area contributed by atoms with Crippen LogP contribution in [0.4, 0.5) is 4.39 Å². The van der Waals surface area contributed by atoms with Crippen molar-refractivity contribution >= 4 is 6.08 Å². The lowest BCUT2D eigenvalue weighted by Crippen LogP contribution is -2.34. The van der Waals surface area contributed by atoms with E-state index in [2.05, 4.69) is 22.0 Å². The van der Waals surface area contributed by atoms with Gasteiger partial charge in [-0.25, -0.2) is 4.39 Å². The van der Waals surface area contributed by atoms with Crippen LogP contribution in [0.25, 0.3) is 6.08 Å². The van der Waals surface area contributed by atoms with Gasteiger partial charge in [0, 0.05) is 32.8 Å². The number of benzene rings is 1. The first kappa shape index (κ1) is 18.6. The molecule has 1 aromatic rings. The van der Waals surface area contributed by atoms with Gasteiger partial charge < -0.3 is 10.0 Å². The summed E-state index contributed by atoms with van der Waals surface area (Å²) in [5, 5.41) is 9.77. The second-order valence-corrected chi connectivity index (χ2v) is 7.59. The topological polar surface area (TPSA) is 26.7 Å². The number of aliphatic hydroxyl groups is 1. The third-order valence-corrected chi connectivity index (χ3v) is 5.62. The van der Waals surface area contributed by atoms with Gasteiger partial charge in [0.05, 0.1) is 0 Å². The van der Waals surface area contributed by atoms with Crippen molar-refractivity contribution in [1.82, 2.24) is 9.80 Å². The Morgan fingerprint density at radius 3 is 2.32 bits per heavy atom. The highest BCUT2D eigenvalue weighted by Gasteiger charge is 2.32. The van der Waals surface area contributed by atoms with Crippen molar-refractivity contribution in [3.8, 4) is 0 Å². The monoisotopic (exact) mass is 346 g/mol. The first-order valence-electron chi connectivity index (χ1n) is 9.72. The van der Waals surface area contributed by atoms with Crippen molar-refractivity contribution < 1.29 is 9.50 Å². The lowest BCUT2D eigenvalue weighted by Gasteiger charge is -2.26. The molecule has 3 rings (SSSR count). The summed E-state index contributed by atoms with van der Waals surface area (Å²) in [5.74, 6) is 0.767. The Hall–Kier alpha value is -1.23. The van der Waals surface area contributed by atoms with Gasteiger partial charge in [-0.05, 0) is 55.5 Å². The molecule has 25 heavy (non-hydrogen) atoms. The summed E-state index contributed by atoms with van der Waals surface area (Å²) in [6, 6.07) is 6.59. The molecule has 0 aliphatic carbocycles. The molecule has 2 fully saturated rings. The number of rotatable bonds is 6. The maximum absolute atomic E-state index is 12.9. The Balaban J connectivity index is 1.49. The first-order chi connectivity index (χ1) is 12.2. The molecule has 0 spiro atoms. The Labute approximate surface area is 151 Å². The SMILES string of the molecule is OC[C@H]1CN(C/C=C/c2ccc(F)cc2)C[C@H]1CN1CCCCCC1. The van der Waals surface area contributed by atoms with Crippen molar-refractivity contribution in [2.45, 2.75) is 25.7 Å². The van der Waals surface area contributed by atoms with Crippen LogP contribution in [0.5, 0.6) is 0 Å². The largest absolute Gasteiger partial charge is 0.396 e. The van der Waals surface area contributed by atoms with Crippen LogP contribution in [0.1, 0.15) is 31.2 Å². The molecule has 2 saturated heterocycles. The normalized spacial score (nSPS) is 26.3. The van der Waals surface area contributed by atoms with Gasteiger partial charge >= 0.3 is 0 Å². The van der Waals surface area contributed by atoms with Gasteiger partial charge in [-0.1, -0.05) is 37.1 Å². The zero-order valence-electron chi connectivity index (χ0n) is 15.1. The van der Waals surface area contributed by atoms with E-state index in [1.165, 1.54) is 50.9 Å². The van der Waals surface area contributed by atoms with Gasteiger partial charge in [0.2, 0.25) is 0 Å². The molecule has 2 heterocycles. The standard InChI is InChI=1S/C21H31FN2O/c22-21-9-7-18(8-10-21)6-5-13-24-15-19(20(16-24)17-25)14-23-11-3-1-2-4-12-23/h5-10,19-20,25H,1-4,11-17H2/b6-5+/t19-,20-/m1/s1. The van der Waals surface area contributed by atoms with Crippen molar-refractivity contribution in [2.24, 2.45) is 11.8 Å². The average molecular weight is 346 g/mol. The predicted molar refractivity (Wildman–Crippen MR) is 101 cm³/mol. The summed E-state index contributed by atoms with van der Waals surface area (Å²) in [6.07, 6.45) is 9.57. The Morgan fingerprint density at radius 1 is 0.960 bits per heavy atom. The highest BCUT2D eigenvalue weighted by atomic mass is 19.1. The summed E-state index contributed by atoms with van der Waals surface area (Å²) < 4.78 is 12.9. The highest BCUT2D eigenvalue weighted by molar-refractivity contribution is 5.48. The van der Waals surface area contributed by atoms with E-state index in [1.807, 2.05) is 0 Å².